The molecule has 0 bridgehead atoms. The Balaban J connectivity index is 0.00000176. The van der Waals surface area contributed by atoms with Gasteiger partial charge in [0, 0.05) is 18.0 Å². The Kier molecular flexibility index (Phi) is 5.94. The summed E-state index contributed by atoms with van der Waals surface area (Å²) in [7, 11) is 0. The number of rotatable bonds is 6. The molecule has 1 amide bonds. The molecular weight excluding hydrogens is 318 g/mol. The van der Waals surface area contributed by atoms with Gasteiger partial charge >= 0.3 is 0 Å². The molecule has 1 unspecified atom stereocenters. The second-order valence-electron chi connectivity index (χ2n) is 5.44. The number of nitrogens with one attached hydrogen (secondary N) is 1. The molecule has 6 heteroatoms. The van der Waals surface area contributed by atoms with Crippen LogP contribution in [0.2, 0.25) is 0 Å². The standard InChI is InChI=1S/C16H19N3OS.ClH/c17-9-15-18-14(10-21-15)16(20)19-13(12-6-7-12)8-11-4-2-1-3-5-11;/h1-5,10,12-13H,6-9,17H2,(H,19,20);1H. The van der Waals surface area contributed by atoms with Crippen molar-refractivity contribution < 1.29 is 4.79 Å². The number of aromatic nitrogens is 1. The maximum Gasteiger partial charge on any atom is 0.270 e. The number of hydrogen-bond acceptors (Lipinski definition) is 4. The van der Waals surface area contributed by atoms with Crippen LogP contribution in [0, 0.1) is 5.92 Å². The fraction of sp³-hybridized carbons (Fsp3) is 0.375. The molecular formula is C16H20ClN3OS. The van der Waals surface area contributed by atoms with Crippen LogP contribution < -0.4 is 11.1 Å². The van der Waals surface area contributed by atoms with Crippen LogP contribution in [0.4, 0.5) is 0 Å². The molecule has 0 radical (unpaired) electrons. The van der Waals surface area contributed by atoms with Gasteiger partial charge in [-0.1, -0.05) is 30.3 Å². The van der Waals surface area contributed by atoms with E-state index in [1.165, 1.54) is 29.7 Å². The first-order valence-corrected chi connectivity index (χ1v) is 8.13. The highest BCUT2D eigenvalue weighted by Gasteiger charge is 2.32. The fourth-order valence-electron chi connectivity index (χ4n) is 2.45. The minimum Gasteiger partial charge on any atom is -0.347 e. The molecule has 118 valence electrons. The van der Waals surface area contributed by atoms with E-state index >= 15 is 0 Å². The minimum atomic E-state index is -0.0845. The monoisotopic (exact) mass is 337 g/mol. The van der Waals surface area contributed by atoms with Crippen molar-refractivity contribution in [2.45, 2.75) is 31.8 Å². The van der Waals surface area contributed by atoms with Crippen molar-refractivity contribution in [3.63, 3.8) is 0 Å². The van der Waals surface area contributed by atoms with E-state index in [2.05, 4.69) is 22.4 Å². The Labute approximate surface area is 140 Å². The Morgan fingerprint density at radius 3 is 2.68 bits per heavy atom. The lowest BCUT2D eigenvalue weighted by atomic mass is 10.0. The lowest BCUT2D eigenvalue weighted by molar-refractivity contribution is 0.0927. The van der Waals surface area contributed by atoms with Crippen molar-refractivity contribution in [3.05, 3.63) is 52.0 Å². The number of benzene rings is 1. The van der Waals surface area contributed by atoms with Crippen LogP contribution in [0.15, 0.2) is 35.7 Å². The zero-order chi connectivity index (χ0) is 14.7. The van der Waals surface area contributed by atoms with E-state index in [-0.39, 0.29) is 24.4 Å². The lowest BCUT2D eigenvalue weighted by Gasteiger charge is -2.17. The van der Waals surface area contributed by atoms with Crippen LogP contribution in [-0.2, 0) is 13.0 Å². The second kappa shape index (κ2) is 7.72. The molecule has 1 atom stereocenters. The third-order valence-corrected chi connectivity index (χ3v) is 4.64. The smallest absolute Gasteiger partial charge is 0.270 e. The van der Waals surface area contributed by atoms with Crippen LogP contribution in [0.1, 0.15) is 33.9 Å². The maximum atomic E-state index is 12.3. The highest BCUT2D eigenvalue weighted by molar-refractivity contribution is 7.09. The fourth-order valence-corrected chi connectivity index (χ4v) is 3.11. The summed E-state index contributed by atoms with van der Waals surface area (Å²) in [6.07, 6.45) is 3.27. The molecule has 1 fully saturated rings. The zero-order valence-corrected chi connectivity index (χ0v) is 13.8. The lowest BCUT2D eigenvalue weighted by Crippen LogP contribution is -2.38. The summed E-state index contributed by atoms with van der Waals surface area (Å²) in [5, 5.41) is 5.72. The van der Waals surface area contributed by atoms with E-state index in [4.69, 9.17) is 5.73 Å². The molecule has 0 spiro atoms. The van der Waals surface area contributed by atoms with E-state index in [1.54, 1.807) is 5.38 Å². The van der Waals surface area contributed by atoms with Crippen molar-refractivity contribution in [1.82, 2.24) is 10.3 Å². The quantitative estimate of drug-likeness (QED) is 0.851. The van der Waals surface area contributed by atoms with Gasteiger partial charge in [-0.05, 0) is 30.7 Å². The molecule has 1 saturated carbocycles. The number of halogens is 1. The molecule has 1 aromatic heterocycles. The van der Waals surface area contributed by atoms with Crippen LogP contribution in [0.3, 0.4) is 0 Å². The van der Waals surface area contributed by atoms with Gasteiger partial charge in [-0.3, -0.25) is 4.79 Å². The van der Waals surface area contributed by atoms with Crippen LogP contribution in [0.25, 0.3) is 0 Å². The SMILES string of the molecule is Cl.NCc1nc(C(=O)NC(Cc2ccccc2)C2CC2)cs1. The first kappa shape index (κ1) is 16.9. The van der Waals surface area contributed by atoms with Crippen molar-refractivity contribution in [3.8, 4) is 0 Å². The van der Waals surface area contributed by atoms with Gasteiger partial charge in [0.05, 0.1) is 0 Å². The summed E-state index contributed by atoms with van der Waals surface area (Å²) in [6, 6.07) is 10.5. The highest BCUT2D eigenvalue weighted by atomic mass is 35.5. The Morgan fingerprint density at radius 2 is 2.09 bits per heavy atom. The van der Waals surface area contributed by atoms with Crippen molar-refractivity contribution in [2.75, 3.05) is 0 Å². The van der Waals surface area contributed by atoms with Gasteiger partial charge in [-0.25, -0.2) is 4.98 Å². The third-order valence-electron chi connectivity index (χ3n) is 3.76. The topological polar surface area (TPSA) is 68.0 Å². The molecule has 3 rings (SSSR count). The average Bonchev–Trinajstić information content (AvgIpc) is 3.24. The Bertz CT molecular complexity index is 613. The van der Waals surface area contributed by atoms with Crippen molar-refractivity contribution in [1.29, 1.82) is 0 Å². The van der Waals surface area contributed by atoms with E-state index in [0.29, 0.717) is 18.2 Å². The Morgan fingerprint density at radius 1 is 1.36 bits per heavy atom. The van der Waals surface area contributed by atoms with E-state index < -0.39 is 0 Å². The number of amides is 1. The van der Waals surface area contributed by atoms with Crippen LogP contribution >= 0.6 is 23.7 Å². The van der Waals surface area contributed by atoms with Gasteiger partial charge in [0.15, 0.2) is 0 Å². The number of hydrogen-bond donors (Lipinski definition) is 2. The molecule has 0 aliphatic heterocycles. The molecule has 1 aliphatic carbocycles. The summed E-state index contributed by atoms with van der Waals surface area (Å²) in [5.41, 5.74) is 7.29. The molecule has 1 heterocycles. The van der Waals surface area contributed by atoms with Gasteiger partial charge in [-0.2, -0.15) is 0 Å². The van der Waals surface area contributed by atoms with Crippen molar-refractivity contribution in [2.24, 2.45) is 11.7 Å². The van der Waals surface area contributed by atoms with Gasteiger partial charge in [-0.15, -0.1) is 23.7 Å². The summed E-state index contributed by atoms with van der Waals surface area (Å²) in [6.45, 7) is 0.383. The molecule has 2 aromatic rings. The first-order chi connectivity index (χ1) is 10.3. The second-order valence-corrected chi connectivity index (χ2v) is 6.38. The molecule has 4 nitrogen and oxygen atoms in total. The van der Waals surface area contributed by atoms with Gasteiger partial charge in [0.2, 0.25) is 0 Å². The predicted octanol–water partition coefficient (Wildman–Crippen LogP) is 2.77. The first-order valence-electron chi connectivity index (χ1n) is 7.25. The normalized spacial score (nSPS) is 15.0. The summed E-state index contributed by atoms with van der Waals surface area (Å²) in [5.74, 6) is 0.514. The van der Waals surface area contributed by atoms with Gasteiger partial charge in [0.25, 0.3) is 5.91 Å². The summed E-state index contributed by atoms with van der Waals surface area (Å²) >= 11 is 1.44. The van der Waals surface area contributed by atoms with E-state index in [1.807, 2.05) is 18.2 Å². The average molecular weight is 338 g/mol. The molecule has 1 aromatic carbocycles. The van der Waals surface area contributed by atoms with E-state index in [0.717, 1.165) is 11.4 Å². The number of nitrogens with two attached hydrogens (primary N) is 1. The summed E-state index contributed by atoms with van der Waals surface area (Å²) < 4.78 is 0. The molecule has 1 aliphatic rings. The third kappa shape index (κ3) is 4.29. The van der Waals surface area contributed by atoms with E-state index in [9.17, 15) is 4.79 Å². The summed E-state index contributed by atoms with van der Waals surface area (Å²) in [4.78, 5) is 16.5. The largest absolute Gasteiger partial charge is 0.347 e. The van der Waals surface area contributed by atoms with Crippen LogP contribution in [-0.4, -0.2) is 16.9 Å². The minimum absolute atomic E-state index is 0. The number of carbonyl (C=O) groups is 1. The Hall–Kier alpha value is -1.43. The van der Waals surface area contributed by atoms with Crippen molar-refractivity contribution >= 4 is 29.7 Å². The number of carbonyl (C=O) groups excluding carboxylic acids is 1. The molecule has 0 saturated heterocycles. The van der Waals surface area contributed by atoms with Crippen LogP contribution in [0.5, 0.6) is 0 Å². The predicted molar refractivity (Wildman–Crippen MR) is 91.4 cm³/mol. The van der Waals surface area contributed by atoms with Gasteiger partial charge in [0.1, 0.15) is 10.7 Å². The highest BCUT2D eigenvalue weighted by Crippen LogP contribution is 2.34. The molecule has 3 N–H and O–H groups in total. The number of nitrogens with zero attached hydrogens (tertiary/aromatic N) is 1. The maximum absolute atomic E-state index is 12.3. The zero-order valence-electron chi connectivity index (χ0n) is 12.2. The van der Waals surface area contributed by atoms with Gasteiger partial charge < -0.3 is 11.1 Å². The number of thiazole rings is 1. The molecule has 22 heavy (non-hydrogen) atoms.